The minimum Gasteiger partial charge on any atom is -0.309 e. The van der Waals surface area contributed by atoms with Gasteiger partial charge in [-0.3, -0.25) is 4.98 Å². The maximum Gasteiger partial charge on any atom is 0.0831 e. The van der Waals surface area contributed by atoms with Gasteiger partial charge in [0.1, 0.15) is 0 Å². The highest BCUT2D eigenvalue weighted by atomic mass is 15.3. The van der Waals surface area contributed by atoms with Crippen LogP contribution in [0.2, 0.25) is 0 Å². The first kappa shape index (κ1) is 11.8. The summed E-state index contributed by atoms with van der Waals surface area (Å²) in [6.45, 7) is 7.08. The Kier molecular flexibility index (Phi) is 3.54. The van der Waals surface area contributed by atoms with Crippen LogP contribution in [0.3, 0.4) is 0 Å². The van der Waals surface area contributed by atoms with E-state index in [1.165, 1.54) is 0 Å². The number of hydrogen-bond donors (Lipinski definition) is 1. The normalized spacial score (nSPS) is 11.1. The summed E-state index contributed by atoms with van der Waals surface area (Å²) in [5, 5.41) is 7.85. The molecule has 0 aliphatic rings. The van der Waals surface area contributed by atoms with Crippen LogP contribution >= 0.6 is 0 Å². The minimum atomic E-state index is 0.473. The van der Waals surface area contributed by atoms with Gasteiger partial charge in [0.15, 0.2) is 0 Å². The van der Waals surface area contributed by atoms with Crippen LogP contribution in [0.25, 0.3) is 5.69 Å². The minimum absolute atomic E-state index is 0.473. The van der Waals surface area contributed by atoms with Crippen molar-refractivity contribution in [3.05, 3.63) is 42.0 Å². The van der Waals surface area contributed by atoms with Gasteiger partial charge in [-0.25, -0.2) is 4.68 Å². The second-order valence-electron chi connectivity index (χ2n) is 4.51. The summed E-state index contributed by atoms with van der Waals surface area (Å²) in [7, 11) is 0. The Labute approximate surface area is 102 Å². The highest BCUT2D eigenvalue weighted by Crippen LogP contribution is 2.08. The average Bonchev–Trinajstić information content (AvgIpc) is 2.75. The molecule has 2 aromatic rings. The predicted molar refractivity (Wildman–Crippen MR) is 68.1 cm³/mol. The van der Waals surface area contributed by atoms with E-state index < -0.39 is 0 Å². The van der Waals surface area contributed by atoms with Gasteiger partial charge in [0.2, 0.25) is 0 Å². The summed E-state index contributed by atoms with van der Waals surface area (Å²) in [5.74, 6) is 0. The summed E-state index contributed by atoms with van der Waals surface area (Å²) in [4.78, 5) is 4.17. The Balaban J connectivity index is 2.12. The molecule has 0 bridgehead atoms. The van der Waals surface area contributed by atoms with Crippen molar-refractivity contribution in [3.63, 3.8) is 0 Å². The third kappa shape index (κ3) is 3.14. The quantitative estimate of drug-likeness (QED) is 0.874. The van der Waals surface area contributed by atoms with Gasteiger partial charge in [-0.15, -0.1) is 0 Å². The third-order valence-corrected chi connectivity index (χ3v) is 2.46. The monoisotopic (exact) mass is 230 g/mol. The summed E-state index contributed by atoms with van der Waals surface area (Å²) < 4.78 is 1.86. The van der Waals surface area contributed by atoms with Crippen LogP contribution in [0, 0.1) is 6.92 Å². The van der Waals surface area contributed by atoms with Crippen molar-refractivity contribution in [1.82, 2.24) is 20.1 Å². The van der Waals surface area contributed by atoms with Crippen molar-refractivity contribution in [3.8, 4) is 5.69 Å². The number of pyridine rings is 1. The first-order chi connectivity index (χ1) is 8.15. The van der Waals surface area contributed by atoms with Crippen molar-refractivity contribution in [2.75, 3.05) is 0 Å². The van der Waals surface area contributed by atoms with Crippen molar-refractivity contribution in [2.45, 2.75) is 33.4 Å². The average molecular weight is 230 g/mol. The number of aromatic nitrogens is 3. The highest BCUT2D eigenvalue weighted by Gasteiger charge is 2.02. The molecule has 0 saturated carbocycles. The zero-order chi connectivity index (χ0) is 12.3. The molecule has 0 aliphatic carbocycles. The fraction of sp³-hybridized carbons (Fsp3) is 0.385. The van der Waals surface area contributed by atoms with E-state index in [9.17, 15) is 0 Å². The van der Waals surface area contributed by atoms with Gasteiger partial charge in [-0.05, 0) is 24.6 Å². The van der Waals surface area contributed by atoms with E-state index >= 15 is 0 Å². The summed E-state index contributed by atoms with van der Waals surface area (Å²) in [6.07, 6.45) is 5.63. The molecule has 2 rings (SSSR count). The lowest BCUT2D eigenvalue weighted by Gasteiger charge is -2.05. The van der Waals surface area contributed by atoms with Crippen LogP contribution in [-0.2, 0) is 6.54 Å². The second kappa shape index (κ2) is 5.10. The zero-order valence-corrected chi connectivity index (χ0v) is 10.5. The Morgan fingerprint density at radius 1 is 1.35 bits per heavy atom. The van der Waals surface area contributed by atoms with Crippen LogP contribution in [0.5, 0.6) is 0 Å². The molecule has 0 fully saturated rings. The molecule has 0 saturated heterocycles. The molecule has 1 N–H and O–H groups in total. The van der Waals surface area contributed by atoms with Gasteiger partial charge in [0, 0.05) is 25.0 Å². The lowest BCUT2D eigenvalue weighted by atomic mass is 10.3. The first-order valence-corrected chi connectivity index (χ1v) is 5.85. The molecule has 2 aromatic heterocycles. The molecule has 0 aliphatic heterocycles. The number of rotatable bonds is 4. The first-order valence-electron chi connectivity index (χ1n) is 5.85. The standard InChI is InChI=1S/C13H18N4/c1-10(2)15-8-12-4-5-17(16-12)13-6-11(3)7-14-9-13/h4-7,9-10,15H,8H2,1-3H3. The maximum atomic E-state index is 4.51. The van der Waals surface area contributed by atoms with Crippen LogP contribution in [0.15, 0.2) is 30.7 Å². The van der Waals surface area contributed by atoms with Crippen molar-refractivity contribution in [1.29, 1.82) is 0 Å². The molecule has 17 heavy (non-hydrogen) atoms. The molecule has 0 amide bonds. The molecule has 0 aromatic carbocycles. The largest absolute Gasteiger partial charge is 0.309 e. The van der Waals surface area contributed by atoms with E-state index in [-0.39, 0.29) is 0 Å². The number of hydrogen-bond acceptors (Lipinski definition) is 3. The summed E-state index contributed by atoms with van der Waals surface area (Å²) >= 11 is 0. The number of aryl methyl sites for hydroxylation is 1. The maximum absolute atomic E-state index is 4.51. The molecule has 4 nitrogen and oxygen atoms in total. The van der Waals surface area contributed by atoms with Gasteiger partial charge < -0.3 is 5.32 Å². The summed E-state index contributed by atoms with van der Waals surface area (Å²) in [5.41, 5.74) is 3.18. The van der Waals surface area contributed by atoms with E-state index in [1.54, 1.807) is 0 Å². The number of nitrogens with one attached hydrogen (secondary N) is 1. The Morgan fingerprint density at radius 3 is 2.88 bits per heavy atom. The molecule has 0 radical (unpaired) electrons. The van der Waals surface area contributed by atoms with E-state index in [1.807, 2.05) is 36.3 Å². The van der Waals surface area contributed by atoms with Crippen molar-refractivity contribution < 1.29 is 0 Å². The van der Waals surface area contributed by atoms with E-state index in [4.69, 9.17) is 0 Å². The number of nitrogens with zero attached hydrogens (tertiary/aromatic N) is 3. The summed E-state index contributed by atoms with van der Waals surface area (Å²) in [6, 6.07) is 4.57. The molecule has 0 spiro atoms. The van der Waals surface area contributed by atoms with Crippen LogP contribution in [-0.4, -0.2) is 20.8 Å². The van der Waals surface area contributed by atoms with E-state index in [2.05, 4.69) is 35.3 Å². The lowest BCUT2D eigenvalue weighted by molar-refractivity contribution is 0.578. The molecular weight excluding hydrogens is 212 g/mol. The lowest BCUT2D eigenvalue weighted by Crippen LogP contribution is -2.22. The topological polar surface area (TPSA) is 42.7 Å². The Hall–Kier alpha value is -1.68. The molecule has 4 heteroatoms. The van der Waals surface area contributed by atoms with Gasteiger partial charge in [-0.2, -0.15) is 5.10 Å². The van der Waals surface area contributed by atoms with Gasteiger partial charge >= 0.3 is 0 Å². The van der Waals surface area contributed by atoms with Crippen LogP contribution in [0.1, 0.15) is 25.1 Å². The van der Waals surface area contributed by atoms with Gasteiger partial charge in [0.25, 0.3) is 0 Å². The molecular formula is C13H18N4. The van der Waals surface area contributed by atoms with Crippen LogP contribution in [0.4, 0.5) is 0 Å². The van der Waals surface area contributed by atoms with Gasteiger partial charge in [-0.1, -0.05) is 13.8 Å². The Morgan fingerprint density at radius 2 is 2.18 bits per heavy atom. The molecule has 0 unspecified atom stereocenters. The predicted octanol–water partition coefficient (Wildman–Crippen LogP) is 2.07. The molecule has 2 heterocycles. The van der Waals surface area contributed by atoms with Gasteiger partial charge in [0.05, 0.1) is 17.6 Å². The van der Waals surface area contributed by atoms with E-state index in [0.29, 0.717) is 6.04 Å². The molecule has 0 atom stereocenters. The van der Waals surface area contributed by atoms with Crippen molar-refractivity contribution in [2.24, 2.45) is 0 Å². The fourth-order valence-electron chi connectivity index (χ4n) is 1.57. The Bertz CT molecular complexity index is 488. The second-order valence-corrected chi connectivity index (χ2v) is 4.51. The van der Waals surface area contributed by atoms with Crippen LogP contribution < -0.4 is 5.32 Å². The zero-order valence-electron chi connectivity index (χ0n) is 10.5. The SMILES string of the molecule is Cc1cncc(-n2ccc(CNC(C)C)n2)c1. The highest BCUT2D eigenvalue weighted by molar-refractivity contribution is 5.30. The smallest absolute Gasteiger partial charge is 0.0831 e. The van der Waals surface area contributed by atoms with Crippen molar-refractivity contribution >= 4 is 0 Å². The third-order valence-electron chi connectivity index (χ3n) is 2.46. The van der Waals surface area contributed by atoms with E-state index in [0.717, 1.165) is 23.5 Å². The molecule has 90 valence electrons. The fourth-order valence-corrected chi connectivity index (χ4v) is 1.57.